The second kappa shape index (κ2) is 10.5. The Labute approximate surface area is 192 Å². The highest BCUT2D eigenvalue weighted by Gasteiger charge is 2.20. The second-order valence-electron chi connectivity index (χ2n) is 6.66. The Hall–Kier alpha value is -2.78. The predicted molar refractivity (Wildman–Crippen MR) is 122 cm³/mol. The van der Waals surface area contributed by atoms with E-state index < -0.39 is 11.9 Å². The number of Topliss-reactive ketones (excluding diaryl/α,β-unsaturated/α-hetero) is 1. The lowest BCUT2D eigenvalue weighted by atomic mass is 10.2. The fourth-order valence-corrected chi connectivity index (χ4v) is 3.94. The number of carbonyl (C=O) groups is 2. The van der Waals surface area contributed by atoms with Crippen LogP contribution in [0, 0.1) is 5.82 Å². The van der Waals surface area contributed by atoms with E-state index in [0.29, 0.717) is 28.7 Å². The highest BCUT2D eigenvalue weighted by Crippen LogP contribution is 2.22. The van der Waals surface area contributed by atoms with Crippen LogP contribution in [0.5, 0.6) is 0 Å². The Morgan fingerprint density at radius 3 is 2.45 bits per heavy atom. The van der Waals surface area contributed by atoms with E-state index in [1.54, 1.807) is 25.1 Å². The summed E-state index contributed by atoms with van der Waals surface area (Å²) in [5.74, 6) is -0.0403. The molecule has 9 heteroatoms. The molecule has 0 fully saturated rings. The van der Waals surface area contributed by atoms with Gasteiger partial charge in [0, 0.05) is 22.1 Å². The summed E-state index contributed by atoms with van der Waals surface area (Å²) in [6.07, 6.45) is 1.70. The van der Waals surface area contributed by atoms with Crippen molar-refractivity contribution in [2.24, 2.45) is 0 Å². The van der Waals surface area contributed by atoms with Gasteiger partial charge in [0.05, 0.1) is 11.8 Å². The van der Waals surface area contributed by atoms with Crippen molar-refractivity contribution in [1.82, 2.24) is 20.1 Å². The van der Waals surface area contributed by atoms with E-state index >= 15 is 0 Å². The maximum atomic E-state index is 13.1. The molecule has 0 aliphatic carbocycles. The summed E-state index contributed by atoms with van der Waals surface area (Å²) in [5, 5.41) is 11.8. The highest BCUT2D eigenvalue weighted by atomic mass is 79.9. The first kappa shape index (κ1) is 22.9. The smallest absolute Gasteiger partial charge is 0.251 e. The number of thioether (sulfide) groups is 1. The summed E-state index contributed by atoms with van der Waals surface area (Å²) < 4.78 is 15.8. The minimum Gasteiger partial charge on any atom is -0.342 e. The number of ketones is 1. The number of hydrogen-bond donors (Lipinski definition) is 1. The third-order valence-corrected chi connectivity index (χ3v) is 5.89. The molecule has 0 spiro atoms. The molecular weight excluding hydrogens is 483 g/mol. The van der Waals surface area contributed by atoms with E-state index in [-0.39, 0.29) is 17.4 Å². The van der Waals surface area contributed by atoms with Gasteiger partial charge in [-0.25, -0.2) is 4.39 Å². The summed E-state index contributed by atoms with van der Waals surface area (Å²) in [6, 6.07) is 12.0. The molecule has 1 N–H and O–H groups in total. The Kier molecular flexibility index (Phi) is 7.75. The van der Waals surface area contributed by atoms with E-state index in [9.17, 15) is 14.0 Å². The van der Waals surface area contributed by atoms with E-state index in [1.165, 1.54) is 36.0 Å². The van der Waals surface area contributed by atoms with E-state index in [4.69, 9.17) is 0 Å². The largest absolute Gasteiger partial charge is 0.342 e. The molecule has 3 aromatic rings. The summed E-state index contributed by atoms with van der Waals surface area (Å²) in [5.41, 5.74) is 0.961. The Balaban J connectivity index is 1.70. The fourth-order valence-electron chi connectivity index (χ4n) is 2.82. The highest BCUT2D eigenvalue weighted by molar-refractivity contribution is 9.10. The Bertz CT molecular complexity index is 1080. The van der Waals surface area contributed by atoms with Crippen molar-refractivity contribution in [3.05, 3.63) is 88.4 Å². The molecule has 6 nitrogen and oxygen atoms in total. The molecule has 1 atom stereocenters. The first-order chi connectivity index (χ1) is 14.9. The van der Waals surface area contributed by atoms with Crippen LogP contribution in [0.4, 0.5) is 4.39 Å². The third-order valence-electron chi connectivity index (χ3n) is 4.40. The number of amides is 1. The van der Waals surface area contributed by atoms with Gasteiger partial charge >= 0.3 is 0 Å². The van der Waals surface area contributed by atoms with Crippen LogP contribution in [0.1, 0.15) is 39.5 Å². The number of hydrogen-bond acceptors (Lipinski definition) is 5. The molecule has 0 unspecified atom stereocenters. The van der Waals surface area contributed by atoms with E-state index in [2.05, 4.69) is 38.0 Å². The van der Waals surface area contributed by atoms with Crippen molar-refractivity contribution < 1.29 is 14.0 Å². The lowest BCUT2D eigenvalue weighted by Gasteiger charge is -2.15. The zero-order valence-corrected chi connectivity index (χ0v) is 19.1. The summed E-state index contributed by atoms with van der Waals surface area (Å²) in [4.78, 5) is 24.9. The number of aromatic nitrogens is 3. The molecule has 0 bridgehead atoms. The van der Waals surface area contributed by atoms with E-state index in [0.717, 1.165) is 4.47 Å². The van der Waals surface area contributed by atoms with Crippen molar-refractivity contribution in [2.45, 2.75) is 24.7 Å². The average Bonchev–Trinajstić information content (AvgIpc) is 3.16. The van der Waals surface area contributed by atoms with Gasteiger partial charge in [-0.3, -0.25) is 9.59 Å². The lowest BCUT2D eigenvalue weighted by molar-refractivity contribution is 0.0936. The van der Waals surface area contributed by atoms with Gasteiger partial charge in [-0.2, -0.15) is 0 Å². The minimum absolute atomic E-state index is 0.0233. The number of nitrogens with zero attached hydrogens (tertiary/aromatic N) is 3. The number of carbonyl (C=O) groups excluding carboxylic acids is 2. The van der Waals surface area contributed by atoms with Crippen molar-refractivity contribution in [1.29, 1.82) is 0 Å². The van der Waals surface area contributed by atoms with Gasteiger partial charge in [-0.05, 0) is 43.3 Å². The molecule has 1 heterocycles. The van der Waals surface area contributed by atoms with Crippen LogP contribution < -0.4 is 5.32 Å². The first-order valence-electron chi connectivity index (χ1n) is 9.41. The summed E-state index contributed by atoms with van der Waals surface area (Å²) in [6.45, 7) is 5.97. The van der Waals surface area contributed by atoms with Crippen LogP contribution in [-0.4, -0.2) is 32.2 Å². The molecular formula is C22H20BrFN4O2S. The zero-order valence-electron chi connectivity index (χ0n) is 16.7. The summed E-state index contributed by atoms with van der Waals surface area (Å²) >= 11 is 4.63. The Morgan fingerprint density at radius 1 is 1.16 bits per heavy atom. The van der Waals surface area contributed by atoms with Crippen LogP contribution in [0.3, 0.4) is 0 Å². The predicted octanol–water partition coefficient (Wildman–Crippen LogP) is 4.83. The third kappa shape index (κ3) is 5.89. The molecule has 0 aliphatic rings. The van der Waals surface area contributed by atoms with Gasteiger partial charge in [0.1, 0.15) is 5.82 Å². The number of halogens is 2. The molecule has 2 aromatic carbocycles. The van der Waals surface area contributed by atoms with Crippen molar-refractivity contribution in [3.8, 4) is 0 Å². The molecule has 0 radical (unpaired) electrons. The SMILES string of the molecule is C=CCn1c(SCC(=O)c2ccc(Br)cc2)nnc1[C@H](C)NC(=O)c1ccc(F)cc1. The standard InChI is InChI=1S/C22H20BrFN4O2S/c1-3-12-28-20(14(2)25-21(30)16-6-10-18(24)11-7-16)26-27-22(28)31-13-19(29)15-4-8-17(23)9-5-15/h3-11,14H,1,12-13H2,2H3,(H,25,30)/t14-/m0/s1. The van der Waals surface area contributed by atoms with Crippen LogP contribution in [0.15, 0.2) is 70.8 Å². The van der Waals surface area contributed by atoms with Gasteiger partial charge in [-0.1, -0.05) is 45.9 Å². The van der Waals surface area contributed by atoms with E-state index in [1.807, 2.05) is 16.7 Å². The van der Waals surface area contributed by atoms with Gasteiger partial charge < -0.3 is 9.88 Å². The normalized spacial score (nSPS) is 11.7. The summed E-state index contributed by atoms with van der Waals surface area (Å²) in [7, 11) is 0. The van der Waals surface area contributed by atoms with Gasteiger partial charge in [0.15, 0.2) is 16.8 Å². The molecule has 3 rings (SSSR count). The minimum atomic E-state index is -0.457. The molecule has 1 amide bonds. The second-order valence-corrected chi connectivity index (χ2v) is 8.52. The maximum Gasteiger partial charge on any atom is 0.251 e. The number of benzene rings is 2. The molecule has 160 valence electrons. The fraction of sp³-hybridized carbons (Fsp3) is 0.182. The number of allylic oxidation sites excluding steroid dienone is 1. The maximum absolute atomic E-state index is 13.1. The lowest BCUT2D eigenvalue weighted by Crippen LogP contribution is -2.28. The van der Waals surface area contributed by atoms with Crippen molar-refractivity contribution in [2.75, 3.05) is 5.75 Å². The van der Waals surface area contributed by atoms with Crippen molar-refractivity contribution in [3.63, 3.8) is 0 Å². The molecule has 0 saturated carbocycles. The molecule has 31 heavy (non-hydrogen) atoms. The number of nitrogens with one attached hydrogen (secondary N) is 1. The van der Waals surface area contributed by atoms with Gasteiger partial charge in [0.25, 0.3) is 5.91 Å². The monoisotopic (exact) mass is 502 g/mol. The van der Waals surface area contributed by atoms with Crippen LogP contribution in [0.25, 0.3) is 0 Å². The molecule has 0 saturated heterocycles. The Morgan fingerprint density at radius 2 is 1.81 bits per heavy atom. The first-order valence-corrected chi connectivity index (χ1v) is 11.2. The van der Waals surface area contributed by atoms with Gasteiger partial charge in [0.2, 0.25) is 0 Å². The quantitative estimate of drug-likeness (QED) is 0.257. The van der Waals surface area contributed by atoms with Crippen LogP contribution in [-0.2, 0) is 6.54 Å². The average molecular weight is 503 g/mol. The topological polar surface area (TPSA) is 76.9 Å². The van der Waals surface area contributed by atoms with Crippen LogP contribution >= 0.6 is 27.7 Å². The van der Waals surface area contributed by atoms with Gasteiger partial charge in [-0.15, -0.1) is 16.8 Å². The van der Waals surface area contributed by atoms with Crippen molar-refractivity contribution >= 4 is 39.4 Å². The molecule has 0 aliphatic heterocycles. The molecule has 1 aromatic heterocycles. The zero-order chi connectivity index (χ0) is 22.4. The van der Waals surface area contributed by atoms with Crippen LogP contribution in [0.2, 0.25) is 0 Å². The number of rotatable bonds is 9.